The number of benzene rings is 1. The van der Waals surface area contributed by atoms with Crippen LogP contribution in [-0.2, 0) is 6.42 Å². The van der Waals surface area contributed by atoms with Crippen LogP contribution in [0.1, 0.15) is 45.4 Å². The van der Waals surface area contributed by atoms with Crippen molar-refractivity contribution < 1.29 is 9.18 Å². The number of aromatic nitrogens is 2. The van der Waals surface area contributed by atoms with Crippen molar-refractivity contribution in [1.29, 1.82) is 0 Å². The molecule has 0 aliphatic carbocycles. The summed E-state index contributed by atoms with van der Waals surface area (Å²) < 4.78 is 14.1. The van der Waals surface area contributed by atoms with Crippen LogP contribution in [0.25, 0.3) is 0 Å². The van der Waals surface area contributed by atoms with Crippen LogP contribution in [-0.4, -0.2) is 16.0 Å². The maximum Gasteiger partial charge on any atom is 0.198 e. The first kappa shape index (κ1) is 14.3. The molecule has 4 heteroatoms. The molecule has 0 bridgehead atoms. The molecule has 0 radical (unpaired) electrons. The monoisotopic (exact) mass is 272 g/mol. The minimum atomic E-state index is -0.482. The quantitative estimate of drug-likeness (QED) is 0.805. The fourth-order valence-corrected chi connectivity index (χ4v) is 2.31. The summed E-state index contributed by atoms with van der Waals surface area (Å²) in [5, 5.41) is 7.98. The molecule has 2 rings (SSSR count). The summed E-state index contributed by atoms with van der Waals surface area (Å²) in [4.78, 5) is 12.6. The minimum Gasteiger partial charge on any atom is -0.288 e. The van der Waals surface area contributed by atoms with E-state index in [0.29, 0.717) is 28.9 Å². The lowest BCUT2D eigenvalue weighted by molar-refractivity contribution is 0.103. The summed E-state index contributed by atoms with van der Waals surface area (Å²) in [6.45, 7) is 7.21. The predicted octanol–water partition coefficient (Wildman–Crippen LogP) is 3.33. The van der Waals surface area contributed by atoms with Gasteiger partial charge in [0.1, 0.15) is 5.82 Å². The van der Waals surface area contributed by atoms with Gasteiger partial charge in [-0.3, -0.25) is 4.79 Å². The van der Waals surface area contributed by atoms with Crippen LogP contribution < -0.4 is 0 Å². The molecule has 0 fully saturated rings. The summed E-state index contributed by atoms with van der Waals surface area (Å²) in [5.74, 6) is -0.807. The van der Waals surface area contributed by atoms with Crippen molar-refractivity contribution in [3.05, 3.63) is 57.7 Å². The molecule has 1 aromatic carbocycles. The van der Waals surface area contributed by atoms with Crippen LogP contribution in [0.3, 0.4) is 0 Å². The number of hydrogen-bond donors (Lipinski definition) is 0. The standard InChI is InChI=1S/C16H17FN2O/c1-5-14-12(8-11(4)18-19-14)16(20)15-10(3)6-9(2)7-13(15)17/h6-8H,5H2,1-4H3. The van der Waals surface area contributed by atoms with E-state index < -0.39 is 5.82 Å². The molecular formula is C16H17FN2O. The lowest BCUT2D eigenvalue weighted by Gasteiger charge is -2.10. The largest absolute Gasteiger partial charge is 0.288 e. The highest BCUT2D eigenvalue weighted by Crippen LogP contribution is 2.21. The second-order valence-electron chi connectivity index (χ2n) is 4.97. The lowest BCUT2D eigenvalue weighted by atomic mass is 9.95. The van der Waals surface area contributed by atoms with Gasteiger partial charge in [0.15, 0.2) is 5.78 Å². The average molecular weight is 272 g/mol. The molecule has 0 saturated heterocycles. The van der Waals surface area contributed by atoms with Crippen molar-refractivity contribution in [2.24, 2.45) is 0 Å². The van der Waals surface area contributed by atoms with Gasteiger partial charge in [-0.15, -0.1) is 0 Å². The smallest absolute Gasteiger partial charge is 0.198 e. The normalized spacial score (nSPS) is 10.7. The summed E-state index contributed by atoms with van der Waals surface area (Å²) >= 11 is 0. The van der Waals surface area contributed by atoms with E-state index >= 15 is 0 Å². The fraction of sp³-hybridized carbons (Fsp3) is 0.312. The molecule has 0 aliphatic rings. The third-order valence-electron chi connectivity index (χ3n) is 3.23. The Kier molecular flexibility index (Phi) is 3.93. The zero-order valence-electron chi connectivity index (χ0n) is 12.1. The van der Waals surface area contributed by atoms with E-state index in [1.807, 2.05) is 13.0 Å². The highest BCUT2D eigenvalue weighted by Gasteiger charge is 2.20. The summed E-state index contributed by atoms with van der Waals surface area (Å²) in [5.41, 5.74) is 3.25. The molecule has 3 nitrogen and oxygen atoms in total. The Morgan fingerprint density at radius 2 is 1.85 bits per heavy atom. The highest BCUT2D eigenvalue weighted by atomic mass is 19.1. The molecule has 0 saturated carbocycles. The SMILES string of the molecule is CCc1nnc(C)cc1C(=O)c1c(C)cc(C)cc1F. The van der Waals surface area contributed by atoms with Crippen molar-refractivity contribution in [1.82, 2.24) is 10.2 Å². The number of rotatable bonds is 3. The van der Waals surface area contributed by atoms with Crippen LogP contribution in [0.4, 0.5) is 4.39 Å². The van der Waals surface area contributed by atoms with Gasteiger partial charge in [0.25, 0.3) is 0 Å². The van der Waals surface area contributed by atoms with Crippen LogP contribution in [0.5, 0.6) is 0 Å². The van der Waals surface area contributed by atoms with E-state index in [1.54, 1.807) is 26.8 Å². The van der Waals surface area contributed by atoms with Crippen LogP contribution in [0, 0.1) is 26.6 Å². The maximum absolute atomic E-state index is 14.1. The van der Waals surface area contributed by atoms with E-state index in [1.165, 1.54) is 6.07 Å². The van der Waals surface area contributed by atoms with Gasteiger partial charge in [-0.25, -0.2) is 4.39 Å². The van der Waals surface area contributed by atoms with Gasteiger partial charge in [0, 0.05) is 5.56 Å². The Morgan fingerprint density at radius 3 is 2.45 bits per heavy atom. The number of aryl methyl sites for hydroxylation is 4. The number of ketones is 1. The molecule has 0 unspecified atom stereocenters. The average Bonchev–Trinajstić information content (AvgIpc) is 2.37. The van der Waals surface area contributed by atoms with Crippen molar-refractivity contribution in [3.8, 4) is 0 Å². The van der Waals surface area contributed by atoms with Crippen molar-refractivity contribution >= 4 is 5.78 Å². The number of hydrogen-bond acceptors (Lipinski definition) is 3. The van der Waals surface area contributed by atoms with E-state index in [0.717, 1.165) is 5.56 Å². The molecule has 2 aromatic rings. The Labute approximate surface area is 117 Å². The molecular weight excluding hydrogens is 255 g/mol. The van der Waals surface area contributed by atoms with Gasteiger partial charge in [0.2, 0.25) is 0 Å². The van der Waals surface area contributed by atoms with Gasteiger partial charge < -0.3 is 0 Å². The van der Waals surface area contributed by atoms with Crippen LogP contribution in [0.15, 0.2) is 18.2 Å². The second-order valence-corrected chi connectivity index (χ2v) is 4.97. The van der Waals surface area contributed by atoms with Crippen molar-refractivity contribution in [3.63, 3.8) is 0 Å². The number of carbonyl (C=O) groups is 1. The second kappa shape index (κ2) is 5.49. The number of halogens is 1. The van der Waals surface area contributed by atoms with E-state index in [4.69, 9.17) is 0 Å². The van der Waals surface area contributed by atoms with Crippen LogP contribution >= 0.6 is 0 Å². The van der Waals surface area contributed by atoms with Gasteiger partial charge >= 0.3 is 0 Å². The molecule has 0 N–H and O–H groups in total. The van der Waals surface area contributed by atoms with Gasteiger partial charge in [0.05, 0.1) is 17.0 Å². The Bertz CT molecular complexity index is 657. The van der Waals surface area contributed by atoms with E-state index in [-0.39, 0.29) is 11.3 Å². The summed E-state index contributed by atoms with van der Waals surface area (Å²) in [6.07, 6.45) is 0.584. The molecule has 0 amide bonds. The first-order valence-corrected chi connectivity index (χ1v) is 6.58. The van der Waals surface area contributed by atoms with E-state index in [2.05, 4.69) is 10.2 Å². The number of carbonyl (C=O) groups excluding carboxylic acids is 1. The Morgan fingerprint density at radius 1 is 1.15 bits per heavy atom. The molecule has 1 heterocycles. The van der Waals surface area contributed by atoms with E-state index in [9.17, 15) is 9.18 Å². The molecule has 0 aliphatic heterocycles. The Balaban J connectivity index is 2.60. The van der Waals surface area contributed by atoms with Gasteiger partial charge in [-0.2, -0.15) is 10.2 Å². The van der Waals surface area contributed by atoms with Gasteiger partial charge in [-0.1, -0.05) is 13.0 Å². The summed E-state index contributed by atoms with van der Waals surface area (Å²) in [7, 11) is 0. The maximum atomic E-state index is 14.1. The topological polar surface area (TPSA) is 42.9 Å². The summed E-state index contributed by atoms with van der Waals surface area (Å²) in [6, 6.07) is 4.86. The zero-order chi connectivity index (χ0) is 14.9. The zero-order valence-corrected chi connectivity index (χ0v) is 12.1. The predicted molar refractivity (Wildman–Crippen MR) is 75.5 cm³/mol. The Hall–Kier alpha value is -2.10. The van der Waals surface area contributed by atoms with Crippen molar-refractivity contribution in [2.75, 3.05) is 0 Å². The molecule has 0 atom stereocenters. The van der Waals surface area contributed by atoms with Crippen molar-refractivity contribution in [2.45, 2.75) is 34.1 Å². The molecule has 1 aromatic heterocycles. The van der Waals surface area contributed by atoms with Gasteiger partial charge in [-0.05, 0) is 50.5 Å². The highest BCUT2D eigenvalue weighted by molar-refractivity contribution is 6.10. The van der Waals surface area contributed by atoms with Crippen LogP contribution in [0.2, 0.25) is 0 Å². The minimum absolute atomic E-state index is 0.123. The lowest BCUT2D eigenvalue weighted by Crippen LogP contribution is -2.12. The molecule has 0 spiro atoms. The molecule has 20 heavy (non-hydrogen) atoms. The third-order valence-corrected chi connectivity index (χ3v) is 3.23. The first-order chi connectivity index (χ1) is 9.43. The molecule has 104 valence electrons. The third kappa shape index (κ3) is 2.59. The fourth-order valence-electron chi connectivity index (χ4n) is 2.31. The first-order valence-electron chi connectivity index (χ1n) is 6.58. The number of nitrogens with zero attached hydrogens (tertiary/aromatic N) is 2.